The number of esters is 2. The Bertz CT molecular complexity index is 1620. The molecule has 2 amide bonds. The first-order valence-electron chi connectivity index (χ1n) is 17.7. The number of nitrogens with one attached hydrogen (secondary N) is 2. The Balaban J connectivity index is 1.67. The van der Waals surface area contributed by atoms with Gasteiger partial charge in [0.2, 0.25) is 11.5 Å². The van der Waals surface area contributed by atoms with E-state index in [0.717, 1.165) is 32.1 Å². The molecule has 0 radical (unpaired) electrons. The van der Waals surface area contributed by atoms with Crippen molar-refractivity contribution in [2.75, 3.05) is 11.9 Å². The molecule has 2 aromatic rings. The van der Waals surface area contributed by atoms with E-state index < -0.39 is 65.6 Å². The molecule has 2 aliphatic rings. The number of nitriles is 1. The van der Waals surface area contributed by atoms with Crippen molar-refractivity contribution in [3.8, 4) is 6.07 Å². The first kappa shape index (κ1) is 39.5. The number of aromatic nitrogens is 3. The lowest BCUT2D eigenvalue weighted by Crippen LogP contribution is -2.53. The van der Waals surface area contributed by atoms with E-state index in [1.54, 1.807) is 54.5 Å². The summed E-state index contributed by atoms with van der Waals surface area (Å²) in [5.74, 6) is -1.57. The molecule has 0 aromatic carbocycles. The minimum absolute atomic E-state index is 0.0604. The number of alkyl carbamates (subject to hydrolysis) is 1. The largest absolute Gasteiger partial charge is 0.463 e. The molecule has 15 nitrogen and oxygen atoms in total. The van der Waals surface area contributed by atoms with Crippen molar-refractivity contribution in [1.29, 1.82) is 5.26 Å². The Morgan fingerprint density at radius 1 is 1.14 bits per heavy atom. The van der Waals surface area contributed by atoms with Crippen LogP contribution in [-0.2, 0) is 38.9 Å². The number of fused-ring (bicyclic) bond motifs is 1. The first-order valence-corrected chi connectivity index (χ1v) is 17.7. The van der Waals surface area contributed by atoms with E-state index in [2.05, 4.69) is 26.8 Å². The van der Waals surface area contributed by atoms with Crippen LogP contribution in [0.25, 0.3) is 5.52 Å². The SMILES string of the molecule is CC[C@H](C)C(=O)Nc1ncnn2c([C@]3(C#N)O[C@H](COC(=O)CC4CCCCC4)[C@@H](OC(=O)[C@@H](NC(=O)OC(C)(C)C)C(C)(C)C)[C@H]3O)ccc12. The van der Waals surface area contributed by atoms with Crippen LogP contribution in [0.5, 0.6) is 0 Å². The van der Waals surface area contributed by atoms with Gasteiger partial charge in [-0.2, -0.15) is 10.4 Å². The van der Waals surface area contributed by atoms with Crippen LogP contribution >= 0.6 is 0 Å². The van der Waals surface area contributed by atoms with Gasteiger partial charge in [-0.25, -0.2) is 19.1 Å². The Labute approximate surface area is 298 Å². The van der Waals surface area contributed by atoms with Crippen molar-refractivity contribution in [2.45, 2.75) is 136 Å². The van der Waals surface area contributed by atoms with Crippen LogP contribution in [0.1, 0.15) is 106 Å². The van der Waals surface area contributed by atoms with Gasteiger partial charge < -0.3 is 34.7 Å². The van der Waals surface area contributed by atoms with Crippen molar-refractivity contribution in [3.05, 3.63) is 24.2 Å². The summed E-state index contributed by atoms with van der Waals surface area (Å²) in [6.07, 6.45) is 1.58. The third kappa shape index (κ3) is 9.34. The average molecular weight is 713 g/mol. The lowest BCUT2D eigenvalue weighted by Gasteiger charge is -2.32. The molecule has 51 heavy (non-hydrogen) atoms. The molecule has 4 rings (SSSR count). The van der Waals surface area contributed by atoms with Crippen molar-refractivity contribution >= 4 is 35.3 Å². The molecule has 2 fully saturated rings. The number of carbonyl (C=O) groups is 4. The zero-order chi connectivity index (χ0) is 37.7. The molecule has 15 heteroatoms. The van der Waals surface area contributed by atoms with Crippen molar-refractivity contribution in [2.24, 2.45) is 17.3 Å². The Morgan fingerprint density at radius 3 is 2.43 bits per heavy atom. The number of aliphatic hydroxyl groups excluding tert-OH is 1. The quantitative estimate of drug-likeness (QED) is 0.217. The smallest absolute Gasteiger partial charge is 0.408 e. The second-order valence-corrected chi connectivity index (χ2v) is 15.6. The number of carbonyl (C=O) groups excluding carboxylic acids is 4. The van der Waals surface area contributed by atoms with E-state index >= 15 is 0 Å². The predicted molar refractivity (Wildman–Crippen MR) is 184 cm³/mol. The predicted octanol–water partition coefficient (Wildman–Crippen LogP) is 4.56. The molecule has 1 aliphatic heterocycles. The number of hydrogen-bond donors (Lipinski definition) is 3. The standard InChI is InChI=1S/C36H52N6O9/c1-9-21(2)31(45)41-30-23-15-16-25(42(23)39-20-38-30)36(19-37)29(44)27(24(50-36)18-48-26(43)17-22-13-11-10-12-14-22)49-32(46)28(34(3,4)5)40-33(47)51-35(6,7)8/h15-16,20-22,24,27-29,44H,9-14,17-18H2,1-8H3,(H,40,47)(H,38,39,41,45)/t21-,24+,27+,28+,29+,36-/m0/s1. The zero-order valence-corrected chi connectivity index (χ0v) is 30.9. The number of nitrogens with zero attached hydrogens (tertiary/aromatic N) is 4. The number of rotatable bonds is 11. The average Bonchev–Trinajstić information content (AvgIpc) is 3.61. The van der Waals surface area contributed by atoms with Crippen LogP contribution in [0.4, 0.5) is 10.6 Å². The maximum Gasteiger partial charge on any atom is 0.408 e. The molecule has 3 heterocycles. The summed E-state index contributed by atoms with van der Waals surface area (Å²) in [6, 6.07) is 3.86. The first-order chi connectivity index (χ1) is 23.9. The normalized spacial score (nSPS) is 23.9. The summed E-state index contributed by atoms with van der Waals surface area (Å²) >= 11 is 0. The highest BCUT2D eigenvalue weighted by Crippen LogP contribution is 2.42. The van der Waals surface area contributed by atoms with Gasteiger partial charge in [-0.3, -0.25) is 9.59 Å². The second-order valence-electron chi connectivity index (χ2n) is 15.6. The number of ether oxygens (including phenoxy) is 4. The fraction of sp³-hybridized carbons (Fsp3) is 0.694. The highest BCUT2D eigenvalue weighted by atomic mass is 16.6. The fourth-order valence-corrected chi connectivity index (χ4v) is 6.30. The summed E-state index contributed by atoms with van der Waals surface area (Å²) < 4.78 is 24.5. The highest BCUT2D eigenvalue weighted by Gasteiger charge is 2.60. The van der Waals surface area contributed by atoms with Gasteiger partial charge in [0.1, 0.15) is 48.4 Å². The molecule has 0 unspecified atom stereocenters. The molecule has 1 saturated heterocycles. The number of amides is 2. The van der Waals surface area contributed by atoms with Crippen LogP contribution in [0.2, 0.25) is 0 Å². The van der Waals surface area contributed by atoms with Gasteiger partial charge in [-0.15, -0.1) is 0 Å². The monoisotopic (exact) mass is 712 g/mol. The summed E-state index contributed by atoms with van der Waals surface area (Å²) in [4.78, 5) is 56.5. The van der Waals surface area contributed by atoms with Crippen LogP contribution < -0.4 is 10.6 Å². The molecule has 1 aliphatic carbocycles. The minimum atomic E-state index is -2.18. The summed E-state index contributed by atoms with van der Waals surface area (Å²) in [5.41, 5.74) is -3.52. The van der Waals surface area contributed by atoms with Crippen molar-refractivity contribution in [3.63, 3.8) is 0 Å². The van der Waals surface area contributed by atoms with Crippen LogP contribution in [0.15, 0.2) is 18.5 Å². The summed E-state index contributed by atoms with van der Waals surface area (Å²) in [6.45, 7) is 13.4. The van der Waals surface area contributed by atoms with E-state index in [4.69, 9.17) is 18.9 Å². The Kier molecular flexibility index (Phi) is 12.3. The number of anilines is 1. The van der Waals surface area contributed by atoms with Crippen LogP contribution in [0.3, 0.4) is 0 Å². The maximum atomic E-state index is 13.8. The molecular formula is C36H52N6O9. The van der Waals surface area contributed by atoms with E-state index in [9.17, 15) is 29.5 Å². The summed E-state index contributed by atoms with van der Waals surface area (Å²) in [5, 5.41) is 32.2. The molecule has 280 valence electrons. The van der Waals surface area contributed by atoms with Crippen LogP contribution in [-0.4, -0.2) is 80.2 Å². The number of hydrogen-bond acceptors (Lipinski definition) is 12. The molecule has 0 bridgehead atoms. The van der Waals surface area contributed by atoms with Gasteiger partial charge in [-0.1, -0.05) is 53.9 Å². The fourth-order valence-electron chi connectivity index (χ4n) is 6.30. The maximum absolute atomic E-state index is 13.8. The molecular weight excluding hydrogens is 660 g/mol. The lowest BCUT2D eigenvalue weighted by atomic mass is 9.86. The third-order valence-corrected chi connectivity index (χ3v) is 9.34. The molecule has 3 N–H and O–H groups in total. The molecule has 6 atom stereocenters. The van der Waals surface area contributed by atoms with Gasteiger partial charge in [0, 0.05) is 12.3 Å². The van der Waals surface area contributed by atoms with E-state index in [1.807, 2.05) is 6.92 Å². The van der Waals surface area contributed by atoms with Gasteiger partial charge >= 0.3 is 18.0 Å². The van der Waals surface area contributed by atoms with E-state index in [0.29, 0.717) is 11.9 Å². The van der Waals surface area contributed by atoms with Gasteiger partial charge in [0.15, 0.2) is 11.9 Å². The molecule has 2 aromatic heterocycles. The van der Waals surface area contributed by atoms with E-state index in [-0.39, 0.29) is 35.7 Å². The topological polar surface area (TPSA) is 203 Å². The summed E-state index contributed by atoms with van der Waals surface area (Å²) in [7, 11) is 0. The third-order valence-electron chi connectivity index (χ3n) is 9.34. The Hall–Kier alpha value is -4.29. The van der Waals surface area contributed by atoms with Crippen LogP contribution in [0, 0.1) is 28.6 Å². The molecule has 0 spiro atoms. The number of aliphatic hydroxyl groups is 1. The zero-order valence-electron chi connectivity index (χ0n) is 30.9. The second kappa shape index (κ2) is 15.9. The molecule has 1 saturated carbocycles. The van der Waals surface area contributed by atoms with E-state index in [1.165, 1.54) is 16.9 Å². The van der Waals surface area contributed by atoms with Crippen molar-refractivity contribution in [1.82, 2.24) is 19.9 Å². The van der Waals surface area contributed by atoms with Gasteiger partial charge in [0.05, 0.1) is 5.69 Å². The Morgan fingerprint density at radius 2 is 1.82 bits per heavy atom. The highest BCUT2D eigenvalue weighted by molar-refractivity contribution is 5.95. The van der Waals surface area contributed by atoms with Crippen molar-refractivity contribution < 1.29 is 43.2 Å². The lowest BCUT2D eigenvalue weighted by molar-refractivity contribution is -0.164. The van der Waals surface area contributed by atoms with Gasteiger partial charge in [0.25, 0.3) is 0 Å². The minimum Gasteiger partial charge on any atom is -0.463 e. The van der Waals surface area contributed by atoms with Gasteiger partial charge in [-0.05, 0) is 63.5 Å².